The zero-order valence-electron chi connectivity index (χ0n) is 16.4. The fraction of sp³-hybridized carbons (Fsp3) is 0.478. The van der Waals surface area contributed by atoms with Crippen LogP contribution < -0.4 is 5.32 Å². The maximum absolute atomic E-state index is 13.1. The summed E-state index contributed by atoms with van der Waals surface area (Å²) < 4.78 is 0. The molecule has 4 nitrogen and oxygen atoms in total. The third-order valence-corrected chi connectivity index (χ3v) is 5.34. The number of nitrogens with zero attached hydrogens (tertiary/aromatic N) is 2. The summed E-state index contributed by atoms with van der Waals surface area (Å²) >= 11 is 0. The molecule has 0 spiro atoms. The van der Waals surface area contributed by atoms with Gasteiger partial charge in [-0.25, -0.2) is 0 Å². The highest BCUT2D eigenvalue weighted by molar-refractivity contribution is 5.76. The van der Waals surface area contributed by atoms with E-state index in [0.29, 0.717) is 19.0 Å². The third-order valence-electron chi connectivity index (χ3n) is 5.34. The average molecular weight is 366 g/mol. The number of rotatable bonds is 7. The predicted molar refractivity (Wildman–Crippen MR) is 109 cm³/mol. The highest BCUT2D eigenvalue weighted by atomic mass is 16.2. The van der Waals surface area contributed by atoms with Gasteiger partial charge in [0, 0.05) is 18.7 Å². The van der Waals surface area contributed by atoms with E-state index in [1.807, 2.05) is 24.4 Å². The SMILES string of the molecule is Cc1ccc(CCCC(=O)N(Cc2ccccn2)C2CCCNCC2)cc1. The Morgan fingerprint density at radius 3 is 2.78 bits per heavy atom. The molecule has 144 valence electrons. The highest BCUT2D eigenvalue weighted by Gasteiger charge is 2.24. The van der Waals surface area contributed by atoms with E-state index in [-0.39, 0.29) is 5.91 Å². The normalized spacial score (nSPS) is 17.3. The van der Waals surface area contributed by atoms with Crippen LogP contribution >= 0.6 is 0 Å². The second kappa shape index (κ2) is 10.2. The predicted octanol–water partition coefficient (Wildman–Crippen LogP) is 3.88. The van der Waals surface area contributed by atoms with Crippen molar-refractivity contribution >= 4 is 5.91 Å². The van der Waals surface area contributed by atoms with Crippen LogP contribution in [0, 0.1) is 6.92 Å². The van der Waals surface area contributed by atoms with Crippen LogP contribution in [0.25, 0.3) is 0 Å². The van der Waals surface area contributed by atoms with Gasteiger partial charge in [0.2, 0.25) is 5.91 Å². The molecule has 1 N–H and O–H groups in total. The number of aromatic nitrogens is 1. The molecule has 2 heterocycles. The Labute approximate surface area is 163 Å². The van der Waals surface area contributed by atoms with Gasteiger partial charge < -0.3 is 10.2 Å². The first-order chi connectivity index (χ1) is 13.2. The summed E-state index contributed by atoms with van der Waals surface area (Å²) in [5.41, 5.74) is 3.56. The van der Waals surface area contributed by atoms with Crippen molar-refractivity contribution in [2.75, 3.05) is 13.1 Å². The standard InChI is InChI=1S/C23H31N3O/c1-19-10-12-20(13-11-19)6-4-9-23(27)26(18-21-7-2-3-16-25-21)22-8-5-15-24-17-14-22/h2-3,7,10-13,16,22,24H,4-6,8-9,14-15,17-18H2,1H3. The first-order valence-electron chi connectivity index (χ1n) is 10.2. The number of hydrogen-bond acceptors (Lipinski definition) is 3. The van der Waals surface area contributed by atoms with Crippen LogP contribution in [0.3, 0.4) is 0 Å². The molecular formula is C23H31N3O. The second-order valence-corrected chi connectivity index (χ2v) is 7.52. The van der Waals surface area contributed by atoms with Crippen LogP contribution in [0.2, 0.25) is 0 Å². The molecule has 27 heavy (non-hydrogen) atoms. The molecule has 1 unspecified atom stereocenters. The van der Waals surface area contributed by atoms with Crippen LogP contribution in [0.15, 0.2) is 48.7 Å². The summed E-state index contributed by atoms with van der Waals surface area (Å²) in [6.07, 6.45) is 7.48. The fourth-order valence-corrected chi connectivity index (χ4v) is 3.74. The third kappa shape index (κ3) is 6.17. The van der Waals surface area contributed by atoms with Crippen molar-refractivity contribution in [1.29, 1.82) is 0 Å². The van der Waals surface area contributed by atoms with Crippen LogP contribution in [0.4, 0.5) is 0 Å². The molecule has 0 radical (unpaired) electrons. The number of carbonyl (C=O) groups excluding carboxylic acids is 1. The van der Waals surface area contributed by atoms with Gasteiger partial charge in [-0.2, -0.15) is 0 Å². The van der Waals surface area contributed by atoms with Gasteiger partial charge >= 0.3 is 0 Å². The Hall–Kier alpha value is -2.20. The van der Waals surface area contributed by atoms with Crippen molar-refractivity contribution in [3.8, 4) is 0 Å². The Morgan fingerprint density at radius 2 is 2.00 bits per heavy atom. The summed E-state index contributed by atoms with van der Waals surface area (Å²) in [7, 11) is 0. The second-order valence-electron chi connectivity index (χ2n) is 7.52. The van der Waals surface area contributed by atoms with Crippen LogP contribution in [-0.2, 0) is 17.8 Å². The number of aryl methyl sites for hydroxylation is 2. The number of carbonyl (C=O) groups is 1. The van der Waals surface area contributed by atoms with E-state index < -0.39 is 0 Å². The van der Waals surface area contributed by atoms with E-state index in [2.05, 4.69) is 46.4 Å². The summed E-state index contributed by atoms with van der Waals surface area (Å²) in [4.78, 5) is 19.6. The lowest BCUT2D eigenvalue weighted by atomic mass is 10.0. The summed E-state index contributed by atoms with van der Waals surface area (Å²) in [6, 6.07) is 14.9. The van der Waals surface area contributed by atoms with Crippen molar-refractivity contribution in [3.63, 3.8) is 0 Å². The number of benzene rings is 1. The largest absolute Gasteiger partial charge is 0.334 e. The minimum absolute atomic E-state index is 0.264. The van der Waals surface area contributed by atoms with Gasteiger partial charge in [0.05, 0.1) is 12.2 Å². The summed E-state index contributed by atoms with van der Waals surface area (Å²) in [5.74, 6) is 0.264. The molecule has 4 heteroatoms. The first-order valence-corrected chi connectivity index (χ1v) is 10.2. The monoisotopic (exact) mass is 365 g/mol. The van der Waals surface area contributed by atoms with E-state index in [1.54, 1.807) is 0 Å². The molecule has 1 aliphatic heterocycles. The molecule has 1 saturated heterocycles. The molecule has 3 rings (SSSR count). The Kier molecular flexibility index (Phi) is 7.40. The quantitative estimate of drug-likeness (QED) is 0.810. The van der Waals surface area contributed by atoms with E-state index in [9.17, 15) is 4.79 Å². The van der Waals surface area contributed by atoms with E-state index in [4.69, 9.17) is 0 Å². The summed E-state index contributed by atoms with van der Waals surface area (Å²) in [5, 5.41) is 3.45. The van der Waals surface area contributed by atoms with Crippen molar-refractivity contribution in [2.24, 2.45) is 0 Å². The maximum Gasteiger partial charge on any atom is 0.223 e. The number of pyridine rings is 1. The molecule has 0 aliphatic carbocycles. The van der Waals surface area contributed by atoms with Gasteiger partial charge in [-0.15, -0.1) is 0 Å². The van der Waals surface area contributed by atoms with E-state index >= 15 is 0 Å². The Bertz CT molecular complexity index is 691. The molecule has 1 aliphatic rings. The zero-order chi connectivity index (χ0) is 18.9. The molecule has 1 aromatic carbocycles. The number of amides is 1. The van der Waals surface area contributed by atoms with Crippen molar-refractivity contribution in [3.05, 3.63) is 65.5 Å². The van der Waals surface area contributed by atoms with Crippen molar-refractivity contribution in [2.45, 2.75) is 58.0 Å². The zero-order valence-corrected chi connectivity index (χ0v) is 16.4. The topological polar surface area (TPSA) is 45.2 Å². The molecule has 1 fully saturated rings. The van der Waals surface area contributed by atoms with Crippen molar-refractivity contribution in [1.82, 2.24) is 15.2 Å². The Balaban J connectivity index is 1.61. The van der Waals surface area contributed by atoms with E-state index in [0.717, 1.165) is 50.9 Å². The smallest absolute Gasteiger partial charge is 0.223 e. The fourth-order valence-electron chi connectivity index (χ4n) is 3.74. The van der Waals surface area contributed by atoms with Gasteiger partial charge in [0.15, 0.2) is 0 Å². The van der Waals surface area contributed by atoms with Gasteiger partial charge in [-0.3, -0.25) is 9.78 Å². The van der Waals surface area contributed by atoms with E-state index in [1.165, 1.54) is 11.1 Å². The molecule has 0 bridgehead atoms. The molecule has 1 atom stereocenters. The number of hydrogen-bond donors (Lipinski definition) is 1. The minimum atomic E-state index is 0.264. The van der Waals surface area contributed by atoms with Crippen LogP contribution in [0.5, 0.6) is 0 Å². The minimum Gasteiger partial charge on any atom is -0.334 e. The maximum atomic E-state index is 13.1. The van der Waals surface area contributed by atoms with Crippen LogP contribution in [-0.4, -0.2) is 34.9 Å². The van der Waals surface area contributed by atoms with Gasteiger partial charge in [0.1, 0.15) is 0 Å². The lowest BCUT2D eigenvalue weighted by molar-refractivity contribution is -0.134. The molecule has 0 saturated carbocycles. The molecule has 1 aromatic heterocycles. The molecular weight excluding hydrogens is 334 g/mol. The van der Waals surface area contributed by atoms with Crippen LogP contribution in [0.1, 0.15) is 48.9 Å². The molecule has 1 amide bonds. The average Bonchev–Trinajstić information content (AvgIpc) is 2.98. The number of nitrogens with one attached hydrogen (secondary N) is 1. The van der Waals surface area contributed by atoms with Gasteiger partial charge in [-0.1, -0.05) is 35.9 Å². The molecule has 2 aromatic rings. The summed E-state index contributed by atoms with van der Waals surface area (Å²) in [6.45, 7) is 4.76. The lowest BCUT2D eigenvalue weighted by Gasteiger charge is -2.31. The van der Waals surface area contributed by atoms with Crippen molar-refractivity contribution < 1.29 is 4.79 Å². The van der Waals surface area contributed by atoms with Gasteiger partial charge in [-0.05, 0) is 69.8 Å². The first kappa shape index (κ1) is 19.6. The lowest BCUT2D eigenvalue weighted by Crippen LogP contribution is -2.40. The van der Waals surface area contributed by atoms with Gasteiger partial charge in [0.25, 0.3) is 0 Å². The highest BCUT2D eigenvalue weighted by Crippen LogP contribution is 2.18. The Morgan fingerprint density at radius 1 is 1.15 bits per heavy atom.